The maximum atomic E-state index is 5.67. The average molecular weight is 415 g/mol. The summed E-state index contributed by atoms with van der Waals surface area (Å²) in [5.41, 5.74) is 2.50. The Balaban J connectivity index is 1.28. The van der Waals surface area contributed by atoms with Crippen LogP contribution in [0.25, 0.3) is 11.1 Å². The Morgan fingerprint density at radius 1 is 1.14 bits per heavy atom. The number of anilines is 3. The Labute approximate surface area is 173 Å². The number of aromatic nitrogens is 3. The molecule has 154 valence electrons. The van der Waals surface area contributed by atoms with Crippen molar-refractivity contribution in [3.8, 4) is 0 Å². The van der Waals surface area contributed by atoms with Crippen molar-refractivity contribution in [3.63, 3.8) is 0 Å². The fourth-order valence-corrected chi connectivity index (χ4v) is 4.93. The first-order valence-corrected chi connectivity index (χ1v) is 11.1. The van der Waals surface area contributed by atoms with E-state index in [2.05, 4.69) is 24.9 Å². The molecule has 4 heterocycles. The summed E-state index contributed by atoms with van der Waals surface area (Å²) in [7, 11) is 0. The molecule has 1 saturated carbocycles. The Kier molecular flexibility index (Phi) is 5.34. The minimum atomic E-state index is 0.397. The molecule has 8 nitrogen and oxygen atoms in total. The lowest BCUT2D eigenvalue weighted by Crippen LogP contribution is -2.46. The predicted molar refractivity (Wildman–Crippen MR) is 114 cm³/mol. The molecule has 0 aromatic carbocycles. The van der Waals surface area contributed by atoms with Crippen LogP contribution in [0.2, 0.25) is 0 Å². The molecule has 0 atom stereocenters. The third kappa shape index (κ3) is 4.22. The van der Waals surface area contributed by atoms with Gasteiger partial charge < -0.3 is 19.8 Å². The van der Waals surface area contributed by atoms with E-state index < -0.39 is 0 Å². The number of rotatable bonds is 5. The van der Waals surface area contributed by atoms with E-state index in [4.69, 9.17) is 14.1 Å². The summed E-state index contributed by atoms with van der Waals surface area (Å²) in [6.07, 6.45) is 6.33. The molecule has 2 aliphatic rings. The van der Waals surface area contributed by atoms with E-state index in [9.17, 15) is 0 Å². The largest absolute Gasteiger partial charge is 0.459 e. The summed E-state index contributed by atoms with van der Waals surface area (Å²) in [5.74, 6) is 1.32. The van der Waals surface area contributed by atoms with Crippen molar-refractivity contribution in [2.75, 3.05) is 36.9 Å². The molecular weight excluding hydrogens is 388 g/mol. The van der Waals surface area contributed by atoms with Crippen LogP contribution in [-0.2, 0) is 4.74 Å². The van der Waals surface area contributed by atoms with Crippen molar-refractivity contribution in [2.45, 2.75) is 44.7 Å². The Morgan fingerprint density at radius 2 is 1.97 bits per heavy atom. The number of aryl methyl sites for hydroxylation is 1. The van der Waals surface area contributed by atoms with Gasteiger partial charge in [0.05, 0.1) is 25.2 Å². The molecule has 3 aromatic heterocycles. The number of fused-ring (bicyclic) bond motifs is 1. The van der Waals surface area contributed by atoms with E-state index in [-0.39, 0.29) is 0 Å². The van der Waals surface area contributed by atoms with Gasteiger partial charge in [-0.2, -0.15) is 9.36 Å². The highest BCUT2D eigenvalue weighted by molar-refractivity contribution is 7.10. The highest BCUT2D eigenvalue weighted by atomic mass is 32.1. The molecule has 2 fully saturated rings. The minimum absolute atomic E-state index is 0.397. The van der Waals surface area contributed by atoms with Gasteiger partial charge in [0.1, 0.15) is 10.5 Å². The molecule has 0 amide bonds. The first-order chi connectivity index (χ1) is 14.2. The highest BCUT2D eigenvalue weighted by Gasteiger charge is 2.27. The number of nitrogens with zero attached hydrogens (tertiary/aromatic N) is 4. The third-order valence-corrected chi connectivity index (χ3v) is 6.56. The Hall–Kier alpha value is -2.23. The molecular formula is C20H26N6O2S. The quantitative estimate of drug-likeness (QED) is 0.652. The van der Waals surface area contributed by atoms with Crippen LogP contribution in [0, 0.1) is 6.92 Å². The van der Waals surface area contributed by atoms with Gasteiger partial charge in [-0.1, -0.05) is 0 Å². The van der Waals surface area contributed by atoms with Crippen molar-refractivity contribution in [2.24, 2.45) is 0 Å². The van der Waals surface area contributed by atoms with Gasteiger partial charge in [0.15, 0.2) is 11.4 Å². The molecule has 3 aromatic rings. The minimum Gasteiger partial charge on any atom is -0.459 e. The van der Waals surface area contributed by atoms with Crippen molar-refractivity contribution in [3.05, 3.63) is 24.1 Å². The summed E-state index contributed by atoms with van der Waals surface area (Å²) in [6, 6.07) is 4.94. The van der Waals surface area contributed by atoms with Crippen LogP contribution in [0.1, 0.15) is 31.4 Å². The second-order valence-corrected chi connectivity index (χ2v) is 8.59. The van der Waals surface area contributed by atoms with E-state index in [1.54, 1.807) is 6.26 Å². The number of hydrogen-bond donors (Lipinski definition) is 2. The molecule has 1 aliphatic heterocycles. The first-order valence-electron chi connectivity index (χ1n) is 10.3. The van der Waals surface area contributed by atoms with Crippen LogP contribution in [0.5, 0.6) is 0 Å². The molecule has 0 radical (unpaired) electrons. The number of ether oxygens (including phenoxy) is 1. The first kappa shape index (κ1) is 18.8. The summed E-state index contributed by atoms with van der Waals surface area (Å²) in [6.45, 7) is 5.83. The van der Waals surface area contributed by atoms with Gasteiger partial charge in [-0.25, -0.2) is 4.98 Å². The maximum absolute atomic E-state index is 5.67. The number of nitrogens with one attached hydrogen (secondary N) is 2. The van der Waals surface area contributed by atoms with Gasteiger partial charge in [-0.15, -0.1) is 0 Å². The van der Waals surface area contributed by atoms with Gasteiger partial charge in [-0.3, -0.25) is 4.90 Å². The SMILES string of the molecule is Cc1cc(Nc2nc(N[C@H]3CC[C@H](N4CCOCC4)CC3)c3occc3n2)sn1. The van der Waals surface area contributed by atoms with Crippen molar-refractivity contribution < 1.29 is 9.15 Å². The third-order valence-electron chi connectivity index (χ3n) is 5.77. The van der Waals surface area contributed by atoms with Gasteiger partial charge in [0.25, 0.3) is 0 Å². The molecule has 0 spiro atoms. The van der Waals surface area contributed by atoms with Crippen LogP contribution in [0.15, 0.2) is 22.8 Å². The smallest absolute Gasteiger partial charge is 0.230 e. The second kappa shape index (κ2) is 8.25. The molecule has 0 bridgehead atoms. The van der Waals surface area contributed by atoms with E-state index in [0.717, 1.165) is 61.2 Å². The standard InChI is InChI=1S/C20H26N6O2S/c1-13-12-17(29-25-13)23-20-22-16-6-9-28-18(16)19(24-20)21-14-2-4-15(5-3-14)26-7-10-27-11-8-26/h6,9,12,14-15H,2-5,7-8,10-11H2,1H3,(H2,21,22,23,24)/t14-,15-. The van der Waals surface area contributed by atoms with Gasteiger partial charge in [0, 0.05) is 31.2 Å². The summed E-state index contributed by atoms with van der Waals surface area (Å²) < 4.78 is 15.5. The zero-order valence-electron chi connectivity index (χ0n) is 16.6. The molecule has 0 unspecified atom stereocenters. The van der Waals surface area contributed by atoms with Crippen LogP contribution < -0.4 is 10.6 Å². The van der Waals surface area contributed by atoms with Crippen LogP contribution in [0.4, 0.5) is 16.8 Å². The highest BCUT2D eigenvalue weighted by Crippen LogP contribution is 2.30. The van der Waals surface area contributed by atoms with Gasteiger partial charge >= 0.3 is 0 Å². The normalized spacial score (nSPS) is 23.3. The molecule has 1 aliphatic carbocycles. The zero-order chi connectivity index (χ0) is 19.6. The van der Waals surface area contributed by atoms with Crippen LogP contribution in [-0.4, -0.2) is 57.6 Å². The van der Waals surface area contributed by atoms with E-state index in [0.29, 0.717) is 23.6 Å². The second-order valence-electron chi connectivity index (χ2n) is 7.79. The number of furan rings is 1. The fourth-order valence-electron chi connectivity index (χ4n) is 4.27. The average Bonchev–Trinajstić information content (AvgIpc) is 3.38. The number of morpholine rings is 1. The lowest BCUT2D eigenvalue weighted by Gasteiger charge is -2.39. The van der Waals surface area contributed by atoms with E-state index >= 15 is 0 Å². The zero-order valence-corrected chi connectivity index (χ0v) is 17.4. The molecule has 29 heavy (non-hydrogen) atoms. The summed E-state index contributed by atoms with van der Waals surface area (Å²) >= 11 is 1.41. The fraction of sp³-hybridized carbons (Fsp3) is 0.550. The predicted octanol–water partition coefficient (Wildman–Crippen LogP) is 3.79. The summed E-state index contributed by atoms with van der Waals surface area (Å²) in [4.78, 5) is 11.9. The van der Waals surface area contributed by atoms with Crippen LogP contribution in [0.3, 0.4) is 0 Å². The number of hydrogen-bond acceptors (Lipinski definition) is 9. The lowest BCUT2D eigenvalue weighted by molar-refractivity contribution is 0.00791. The van der Waals surface area contributed by atoms with E-state index in [1.807, 2.05) is 19.1 Å². The Morgan fingerprint density at radius 3 is 2.72 bits per heavy atom. The molecule has 1 saturated heterocycles. The maximum Gasteiger partial charge on any atom is 0.230 e. The van der Waals surface area contributed by atoms with Crippen molar-refractivity contribution in [1.82, 2.24) is 19.2 Å². The van der Waals surface area contributed by atoms with E-state index in [1.165, 1.54) is 24.4 Å². The topological polar surface area (TPSA) is 88.3 Å². The molecule has 5 rings (SSSR count). The van der Waals surface area contributed by atoms with Gasteiger partial charge in [0.2, 0.25) is 5.95 Å². The van der Waals surface area contributed by atoms with Gasteiger partial charge in [-0.05, 0) is 50.2 Å². The molecule has 2 N–H and O–H groups in total. The van der Waals surface area contributed by atoms with Crippen molar-refractivity contribution in [1.29, 1.82) is 0 Å². The summed E-state index contributed by atoms with van der Waals surface area (Å²) in [5, 5.41) is 7.83. The Bertz CT molecular complexity index is 959. The monoisotopic (exact) mass is 414 g/mol. The molecule has 9 heteroatoms. The van der Waals surface area contributed by atoms with Crippen molar-refractivity contribution >= 4 is 39.4 Å². The van der Waals surface area contributed by atoms with Crippen LogP contribution >= 0.6 is 11.5 Å². The lowest BCUT2D eigenvalue weighted by atomic mass is 9.90.